The number of benzene rings is 1. The van der Waals surface area contributed by atoms with Crippen molar-refractivity contribution >= 4 is 50.5 Å². The molecule has 4 heterocycles. The molecule has 19 heteroatoms. The maximum absolute atomic E-state index is 14.8. The lowest BCUT2D eigenvalue weighted by Crippen LogP contribution is -2.59. The van der Waals surface area contributed by atoms with Crippen molar-refractivity contribution in [2.24, 2.45) is 17.8 Å². The van der Waals surface area contributed by atoms with E-state index in [1.807, 2.05) is 25.1 Å². The fourth-order valence-corrected chi connectivity index (χ4v) is 9.18. The van der Waals surface area contributed by atoms with Gasteiger partial charge in [-0.25, -0.2) is 18.2 Å². The molecule has 15 nitrogen and oxygen atoms in total. The number of alkyl halides is 3. The van der Waals surface area contributed by atoms with Crippen molar-refractivity contribution in [1.29, 1.82) is 0 Å². The number of hydrogen-bond acceptors (Lipinski definition) is 10. The third-order valence-corrected chi connectivity index (χ3v) is 14.2. The standard InChI is InChI=1S/C39H48F3N7O8S/c1-22-10-6-7-11-24-20-38(24,33(52)47-58(54,55)37(5)14-15-37)46-30(50)28-19-25(56-31-26-12-8-9-13-27(26)48-17-16-43-34(48)45-31)21-49(28)32(51)29(23(2)18-22)44-35(53)57-36(3,4)39(40,41)42/h7-9,11-13,16-17,22-25,28-29H,6,10,14-15,18-21H2,1-5H3,(H,44,53)(H,46,50)(H,47,52)/b11-7-/t22-,23-,24?,25-,28+,29+,38-/m1/s1. The Morgan fingerprint density at radius 2 is 1.81 bits per heavy atom. The van der Waals surface area contributed by atoms with Crippen LogP contribution < -0.4 is 20.1 Å². The number of hydrogen-bond donors (Lipinski definition) is 3. The Bertz CT molecular complexity index is 2280. The van der Waals surface area contributed by atoms with Gasteiger partial charge in [-0.3, -0.25) is 23.5 Å². The average molecular weight is 832 g/mol. The van der Waals surface area contributed by atoms with Crippen LogP contribution in [0.4, 0.5) is 18.0 Å². The Kier molecular flexibility index (Phi) is 10.5. The number of rotatable bonds is 7. The average Bonchev–Trinajstić information content (AvgIpc) is 3.92. The fourth-order valence-electron chi connectivity index (χ4n) is 7.87. The molecular formula is C39H48F3N7O8S. The first-order valence-electron chi connectivity index (χ1n) is 19.5. The first-order valence-corrected chi connectivity index (χ1v) is 20.9. The van der Waals surface area contributed by atoms with E-state index in [1.165, 1.54) is 11.8 Å². The van der Waals surface area contributed by atoms with E-state index >= 15 is 0 Å². The first-order chi connectivity index (χ1) is 27.1. The number of ether oxygens (including phenoxy) is 2. The third-order valence-electron chi connectivity index (χ3n) is 12.0. The lowest BCUT2D eigenvalue weighted by atomic mass is 9.88. The Hall–Kier alpha value is -4.94. The number of sulfonamides is 1. The highest BCUT2D eigenvalue weighted by atomic mass is 32.2. The highest BCUT2D eigenvalue weighted by Gasteiger charge is 2.63. The molecule has 3 fully saturated rings. The molecule has 4 amide bonds. The number of aromatic nitrogens is 3. The van der Waals surface area contributed by atoms with Crippen LogP contribution in [0.15, 0.2) is 48.8 Å². The summed E-state index contributed by atoms with van der Waals surface area (Å²) in [5.74, 6) is -3.18. The SMILES string of the molecule is C[C@@H]1CC/C=C\C2C[C@@]2(C(=O)NS(=O)(=O)C2(C)CC2)NC(=O)[C@@H]2C[C@@H](Oc3nc4nccn4c4ccccc34)CN2C(=O)[C@@H](NC(=O)OC(C)(C)C(F)(F)F)[C@H](C)C1. The molecule has 2 aliphatic carbocycles. The number of carbonyl (C=O) groups excluding carboxylic acids is 4. The zero-order valence-corrected chi connectivity index (χ0v) is 33.7. The molecule has 3 N–H and O–H groups in total. The van der Waals surface area contributed by atoms with Crippen LogP contribution in [0.2, 0.25) is 0 Å². The van der Waals surface area contributed by atoms with Gasteiger partial charge >= 0.3 is 12.3 Å². The van der Waals surface area contributed by atoms with Gasteiger partial charge in [-0.15, -0.1) is 0 Å². The highest BCUT2D eigenvalue weighted by molar-refractivity contribution is 7.91. The largest absolute Gasteiger partial charge is 0.472 e. The number of alkyl carbamates (subject to hydrolysis) is 1. The van der Waals surface area contributed by atoms with Gasteiger partial charge in [-0.05, 0) is 83.3 Å². The minimum absolute atomic E-state index is 0.0386. The number of carbonyl (C=O) groups is 4. The van der Waals surface area contributed by atoms with E-state index in [2.05, 4.69) is 25.3 Å². The maximum atomic E-state index is 14.8. The van der Waals surface area contributed by atoms with Crippen molar-refractivity contribution in [2.75, 3.05) is 6.54 Å². The highest BCUT2D eigenvalue weighted by Crippen LogP contribution is 2.48. The molecule has 7 atom stereocenters. The van der Waals surface area contributed by atoms with Gasteiger partial charge in [0.25, 0.3) is 5.91 Å². The number of amides is 4. The predicted molar refractivity (Wildman–Crippen MR) is 204 cm³/mol. The second-order valence-electron chi connectivity index (χ2n) is 17.0. The van der Waals surface area contributed by atoms with Crippen molar-refractivity contribution in [3.05, 3.63) is 48.8 Å². The summed E-state index contributed by atoms with van der Waals surface area (Å²) in [5, 5.41) is 5.80. The summed E-state index contributed by atoms with van der Waals surface area (Å²) in [6.45, 7) is 6.33. The van der Waals surface area contributed by atoms with Crippen LogP contribution in [0.3, 0.4) is 0 Å². The summed E-state index contributed by atoms with van der Waals surface area (Å²) >= 11 is 0. The predicted octanol–water partition coefficient (Wildman–Crippen LogP) is 4.55. The number of nitrogens with one attached hydrogen (secondary N) is 3. The molecule has 2 saturated carbocycles. The van der Waals surface area contributed by atoms with Crippen LogP contribution in [0.25, 0.3) is 16.7 Å². The zero-order valence-electron chi connectivity index (χ0n) is 32.8. The molecule has 58 heavy (non-hydrogen) atoms. The Morgan fingerprint density at radius 1 is 1.09 bits per heavy atom. The van der Waals surface area contributed by atoms with Crippen LogP contribution in [-0.2, 0) is 29.1 Å². The van der Waals surface area contributed by atoms with Gasteiger partial charge in [-0.2, -0.15) is 18.2 Å². The van der Waals surface area contributed by atoms with E-state index in [0.29, 0.717) is 57.1 Å². The van der Waals surface area contributed by atoms with Crippen LogP contribution in [0, 0.1) is 17.8 Å². The van der Waals surface area contributed by atoms with Crippen LogP contribution >= 0.6 is 0 Å². The maximum Gasteiger partial charge on any atom is 0.427 e. The quantitative estimate of drug-likeness (QED) is 0.285. The van der Waals surface area contributed by atoms with E-state index in [-0.39, 0.29) is 31.2 Å². The normalized spacial score (nSPS) is 29.6. The Morgan fingerprint density at radius 3 is 2.52 bits per heavy atom. The smallest absolute Gasteiger partial charge is 0.427 e. The molecule has 1 saturated heterocycles. The second-order valence-corrected chi connectivity index (χ2v) is 19.2. The van der Waals surface area contributed by atoms with Gasteiger partial charge in [0.2, 0.25) is 39.1 Å². The molecule has 0 bridgehead atoms. The summed E-state index contributed by atoms with van der Waals surface area (Å²) in [5.41, 5.74) is -3.80. The van der Waals surface area contributed by atoms with Crippen molar-refractivity contribution in [3.8, 4) is 5.88 Å². The van der Waals surface area contributed by atoms with Gasteiger partial charge in [0.1, 0.15) is 23.7 Å². The molecule has 1 unspecified atom stereocenters. The molecular weight excluding hydrogens is 784 g/mol. The second kappa shape index (κ2) is 14.7. The van der Waals surface area contributed by atoms with Gasteiger partial charge in [0.15, 0.2) is 0 Å². The van der Waals surface area contributed by atoms with Gasteiger partial charge in [-0.1, -0.05) is 38.1 Å². The van der Waals surface area contributed by atoms with E-state index < -0.39 is 85.9 Å². The van der Waals surface area contributed by atoms with Gasteiger partial charge < -0.3 is 25.0 Å². The van der Waals surface area contributed by atoms with Gasteiger partial charge in [0, 0.05) is 24.7 Å². The number of imidazole rings is 1. The lowest BCUT2D eigenvalue weighted by Gasteiger charge is -2.34. The van der Waals surface area contributed by atoms with Crippen LogP contribution in [0.5, 0.6) is 5.88 Å². The number of allylic oxidation sites excluding steroid dienone is 1. The van der Waals surface area contributed by atoms with Crippen LogP contribution in [0.1, 0.15) is 79.6 Å². The van der Waals surface area contributed by atoms with Gasteiger partial charge in [0.05, 0.1) is 22.2 Å². The number of fused-ring (bicyclic) bond motifs is 5. The van der Waals surface area contributed by atoms with Crippen molar-refractivity contribution in [2.45, 2.75) is 120 Å². The Labute approximate surface area is 333 Å². The topological polar surface area (TPSA) is 190 Å². The molecule has 1 aromatic carbocycles. The molecule has 7 rings (SSSR count). The molecule has 4 aliphatic rings. The fraction of sp³-hybridized carbons (Fsp3) is 0.590. The summed E-state index contributed by atoms with van der Waals surface area (Å²) in [6.07, 6.45) is 1.96. The summed E-state index contributed by atoms with van der Waals surface area (Å²) in [6, 6.07) is 4.50. The molecule has 3 aromatic rings. The minimum Gasteiger partial charge on any atom is -0.472 e. The minimum atomic E-state index is -4.91. The third kappa shape index (κ3) is 7.80. The van der Waals surface area contributed by atoms with E-state index in [9.17, 15) is 40.8 Å². The zero-order chi connectivity index (χ0) is 42.0. The van der Waals surface area contributed by atoms with Crippen LogP contribution in [-0.4, -0.2) is 98.3 Å². The van der Waals surface area contributed by atoms with E-state index in [4.69, 9.17) is 9.47 Å². The number of halogens is 3. The molecule has 2 aromatic heterocycles. The van der Waals surface area contributed by atoms with Crippen molar-refractivity contribution in [1.82, 2.24) is 34.6 Å². The lowest BCUT2D eigenvalue weighted by molar-refractivity contribution is -0.244. The summed E-state index contributed by atoms with van der Waals surface area (Å²) in [4.78, 5) is 66.5. The van der Waals surface area contributed by atoms with E-state index in [0.717, 1.165) is 5.52 Å². The molecule has 2 aliphatic heterocycles. The van der Waals surface area contributed by atoms with E-state index in [1.54, 1.807) is 41.9 Å². The molecule has 0 spiro atoms. The first kappa shape index (κ1) is 41.2. The number of nitrogens with zero attached hydrogens (tertiary/aromatic N) is 4. The monoisotopic (exact) mass is 831 g/mol. The van der Waals surface area contributed by atoms with Crippen molar-refractivity contribution < 1.29 is 50.2 Å². The number of para-hydroxylation sites is 1. The summed E-state index contributed by atoms with van der Waals surface area (Å²) in [7, 11) is -4.08. The van der Waals surface area contributed by atoms with Crippen molar-refractivity contribution in [3.63, 3.8) is 0 Å². The molecule has 0 radical (unpaired) electrons. The Balaban J connectivity index is 1.24. The summed E-state index contributed by atoms with van der Waals surface area (Å²) < 4.78 is 81.8. The molecule has 314 valence electrons.